The number of aliphatic hydroxyl groups is 1. The third-order valence-electron chi connectivity index (χ3n) is 10.7. The van der Waals surface area contributed by atoms with Crippen molar-refractivity contribution < 1.29 is 5.11 Å². The number of hydrogen-bond donors (Lipinski definition) is 1. The van der Waals surface area contributed by atoms with E-state index in [4.69, 9.17) is 0 Å². The Morgan fingerprint density at radius 2 is 1.61 bits per heavy atom. The van der Waals surface area contributed by atoms with Crippen LogP contribution in [0.4, 0.5) is 0 Å². The fraction of sp³-hybridized carbons (Fsp3) is 1.00. The van der Waals surface area contributed by atoms with Gasteiger partial charge >= 0.3 is 0 Å². The van der Waals surface area contributed by atoms with Gasteiger partial charge in [-0.25, -0.2) is 0 Å². The lowest BCUT2D eigenvalue weighted by atomic mass is 9.44. The lowest BCUT2D eigenvalue weighted by molar-refractivity contribution is -0.125. The number of hydrogen-bond acceptors (Lipinski definition) is 1. The van der Waals surface area contributed by atoms with Gasteiger partial charge < -0.3 is 5.11 Å². The van der Waals surface area contributed by atoms with Crippen molar-refractivity contribution in [2.45, 2.75) is 118 Å². The Morgan fingerprint density at radius 1 is 0.929 bits per heavy atom. The molecule has 0 aromatic rings. The molecule has 4 fully saturated rings. The van der Waals surface area contributed by atoms with Crippen LogP contribution in [0.15, 0.2) is 0 Å². The standard InChI is InChI=1S/C27H48O/c1-18(11-13-25(2,3)4)23-10-9-20-15-19-7-8-21-16-22(28)12-14-26(21,5)24(19)17-27(20,23)6/h18-24,28H,7-17H2,1-6H3/t18-,19?,20?,21?,22-,23-,24?,26+,27+/m1/s1. The highest BCUT2D eigenvalue weighted by Gasteiger charge is 2.59. The van der Waals surface area contributed by atoms with Crippen LogP contribution in [-0.4, -0.2) is 11.2 Å². The van der Waals surface area contributed by atoms with Gasteiger partial charge in [-0.2, -0.15) is 0 Å². The van der Waals surface area contributed by atoms with Crippen molar-refractivity contribution in [1.29, 1.82) is 0 Å². The summed E-state index contributed by atoms with van der Waals surface area (Å²) in [6.07, 6.45) is 15.1. The second-order valence-electron chi connectivity index (χ2n) is 13.5. The largest absolute Gasteiger partial charge is 0.393 e. The molecule has 162 valence electrons. The summed E-state index contributed by atoms with van der Waals surface area (Å²) in [5, 5.41) is 10.3. The van der Waals surface area contributed by atoms with Crippen molar-refractivity contribution in [2.75, 3.05) is 0 Å². The van der Waals surface area contributed by atoms with E-state index in [1.165, 1.54) is 57.8 Å². The van der Waals surface area contributed by atoms with Crippen LogP contribution in [-0.2, 0) is 0 Å². The minimum Gasteiger partial charge on any atom is -0.393 e. The highest BCUT2D eigenvalue weighted by atomic mass is 16.3. The van der Waals surface area contributed by atoms with E-state index < -0.39 is 0 Å². The maximum absolute atomic E-state index is 10.3. The SMILES string of the molecule is C[C@H](CCC(C)(C)C)[C@H]1CCC2CC3CCC4C[C@H](O)CC[C@]4(C)C3C[C@@]21C. The molecule has 0 aromatic carbocycles. The molecule has 1 nitrogen and oxygen atoms in total. The van der Waals surface area contributed by atoms with Crippen LogP contribution < -0.4 is 0 Å². The summed E-state index contributed by atoms with van der Waals surface area (Å²) in [4.78, 5) is 0. The Balaban J connectivity index is 1.52. The fourth-order valence-corrected chi connectivity index (χ4v) is 8.85. The first-order valence-electron chi connectivity index (χ1n) is 12.7. The normalized spacial score (nSPS) is 49.8. The number of fused-ring (bicyclic) bond motifs is 4. The molecule has 0 radical (unpaired) electrons. The average Bonchev–Trinajstić information content (AvgIpc) is 2.95. The van der Waals surface area contributed by atoms with Gasteiger partial charge in [-0.05, 0) is 122 Å². The second kappa shape index (κ2) is 7.28. The number of rotatable bonds is 3. The fourth-order valence-electron chi connectivity index (χ4n) is 8.85. The molecular weight excluding hydrogens is 340 g/mol. The van der Waals surface area contributed by atoms with Crippen molar-refractivity contribution in [3.63, 3.8) is 0 Å². The Labute approximate surface area is 175 Å². The first kappa shape index (κ1) is 21.2. The zero-order chi connectivity index (χ0) is 20.3. The second-order valence-corrected chi connectivity index (χ2v) is 13.5. The molecule has 0 amide bonds. The first-order valence-corrected chi connectivity index (χ1v) is 12.7. The summed E-state index contributed by atoms with van der Waals surface area (Å²) in [5.41, 5.74) is 1.56. The minimum absolute atomic E-state index is 0.0156. The van der Waals surface area contributed by atoms with E-state index in [1.54, 1.807) is 0 Å². The maximum Gasteiger partial charge on any atom is 0.0543 e. The molecule has 1 heteroatoms. The van der Waals surface area contributed by atoms with Crippen LogP contribution in [0.25, 0.3) is 0 Å². The van der Waals surface area contributed by atoms with Crippen LogP contribution in [0, 0.1) is 51.8 Å². The van der Waals surface area contributed by atoms with Gasteiger partial charge in [0.25, 0.3) is 0 Å². The molecule has 0 spiro atoms. The van der Waals surface area contributed by atoms with Gasteiger partial charge in [0.1, 0.15) is 0 Å². The molecule has 0 aromatic heterocycles. The van der Waals surface area contributed by atoms with E-state index in [9.17, 15) is 5.11 Å². The summed E-state index contributed by atoms with van der Waals surface area (Å²) >= 11 is 0. The van der Waals surface area contributed by atoms with Crippen molar-refractivity contribution in [1.82, 2.24) is 0 Å². The molecule has 0 heterocycles. The first-order chi connectivity index (χ1) is 13.0. The molecule has 4 aliphatic rings. The zero-order valence-electron chi connectivity index (χ0n) is 19.8. The van der Waals surface area contributed by atoms with Crippen molar-refractivity contribution >= 4 is 0 Å². The molecule has 4 saturated carbocycles. The summed E-state index contributed by atoms with van der Waals surface area (Å²) in [6, 6.07) is 0. The van der Waals surface area contributed by atoms with Crippen LogP contribution in [0.3, 0.4) is 0 Å². The van der Waals surface area contributed by atoms with Crippen molar-refractivity contribution in [3.05, 3.63) is 0 Å². The van der Waals surface area contributed by atoms with Gasteiger partial charge in [0.2, 0.25) is 0 Å². The maximum atomic E-state index is 10.3. The predicted molar refractivity (Wildman–Crippen MR) is 119 cm³/mol. The van der Waals surface area contributed by atoms with Gasteiger partial charge in [-0.1, -0.05) is 41.5 Å². The Hall–Kier alpha value is -0.0400. The lowest BCUT2D eigenvalue weighted by Crippen LogP contribution is -2.53. The molecule has 0 bridgehead atoms. The third-order valence-corrected chi connectivity index (χ3v) is 10.7. The van der Waals surface area contributed by atoms with E-state index in [1.807, 2.05) is 0 Å². The average molecular weight is 389 g/mol. The Morgan fingerprint density at radius 3 is 2.32 bits per heavy atom. The Kier molecular flexibility index (Phi) is 5.51. The highest BCUT2D eigenvalue weighted by molar-refractivity contribution is 5.09. The molecule has 9 atom stereocenters. The highest BCUT2D eigenvalue weighted by Crippen LogP contribution is 2.67. The summed E-state index contributed by atoms with van der Waals surface area (Å²) in [7, 11) is 0. The van der Waals surface area contributed by atoms with Gasteiger partial charge in [-0.15, -0.1) is 0 Å². The van der Waals surface area contributed by atoms with Crippen LogP contribution in [0.1, 0.15) is 112 Å². The minimum atomic E-state index is -0.0156. The topological polar surface area (TPSA) is 20.2 Å². The molecule has 28 heavy (non-hydrogen) atoms. The van der Waals surface area contributed by atoms with Crippen molar-refractivity contribution in [2.24, 2.45) is 51.8 Å². The molecule has 4 aliphatic carbocycles. The van der Waals surface area contributed by atoms with E-state index >= 15 is 0 Å². The predicted octanol–water partition coefficient (Wildman–Crippen LogP) is 7.47. The van der Waals surface area contributed by atoms with Crippen LogP contribution in [0.2, 0.25) is 0 Å². The van der Waals surface area contributed by atoms with Crippen molar-refractivity contribution in [3.8, 4) is 0 Å². The Bertz CT molecular complexity index is 561. The molecular formula is C27H48O. The van der Waals surface area contributed by atoms with E-state index in [2.05, 4.69) is 41.5 Å². The molecule has 0 aliphatic heterocycles. The summed E-state index contributed by atoms with van der Waals surface area (Å²) in [6.45, 7) is 15.2. The third kappa shape index (κ3) is 3.61. The van der Waals surface area contributed by atoms with Gasteiger partial charge in [0, 0.05) is 0 Å². The number of aliphatic hydroxyl groups excluding tert-OH is 1. The smallest absolute Gasteiger partial charge is 0.0543 e. The molecule has 0 saturated heterocycles. The van der Waals surface area contributed by atoms with Crippen LogP contribution in [0.5, 0.6) is 0 Å². The zero-order valence-corrected chi connectivity index (χ0v) is 19.8. The van der Waals surface area contributed by atoms with Gasteiger partial charge in [0.15, 0.2) is 0 Å². The van der Waals surface area contributed by atoms with E-state index in [-0.39, 0.29) is 6.10 Å². The molecule has 1 N–H and O–H groups in total. The molecule has 4 rings (SSSR count). The van der Waals surface area contributed by atoms with Gasteiger partial charge in [-0.3, -0.25) is 0 Å². The lowest BCUT2D eigenvalue weighted by Gasteiger charge is -2.61. The summed E-state index contributed by atoms with van der Waals surface area (Å²) < 4.78 is 0. The summed E-state index contributed by atoms with van der Waals surface area (Å²) in [5.74, 6) is 5.51. The van der Waals surface area contributed by atoms with Crippen LogP contribution >= 0.6 is 0 Å². The van der Waals surface area contributed by atoms with E-state index in [0.29, 0.717) is 16.2 Å². The monoisotopic (exact) mass is 388 g/mol. The quantitative estimate of drug-likeness (QED) is 0.531. The molecule has 4 unspecified atom stereocenters. The van der Waals surface area contributed by atoms with E-state index in [0.717, 1.165) is 48.3 Å². The van der Waals surface area contributed by atoms with Gasteiger partial charge in [0.05, 0.1) is 6.10 Å².